The van der Waals surface area contributed by atoms with Gasteiger partial charge in [0.15, 0.2) is 14.1 Å². The predicted molar refractivity (Wildman–Crippen MR) is 173 cm³/mol. The third-order valence-corrected chi connectivity index (χ3v) is 13.2. The molecule has 1 rings (SSSR count). The Morgan fingerprint density at radius 1 is 1.10 bits per heavy atom. The summed E-state index contributed by atoms with van der Waals surface area (Å²) in [6.45, 7) is 25.7. The van der Waals surface area contributed by atoms with E-state index >= 15 is 0 Å². The molecule has 0 aromatic carbocycles. The lowest BCUT2D eigenvalue weighted by atomic mass is 9.78. The molecule has 0 aliphatic carbocycles. The van der Waals surface area contributed by atoms with Crippen molar-refractivity contribution in [2.24, 2.45) is 17.3 Å². The largest absolute Gasteiger partial charge is 0.458 e. The fourth-order valence-corrected chi connectivity index (χ4v) is 6.27. The van der Waals surface area contributed by atoms with E-state index < -0.39 is 19.7 Å². The van der Waals surface area contributed by atoms with E-state index in [-0.39, 0.29) is 34.9 Å². The molecule has 0 unspecified atom stereocenters. The third-order valence-electron chi connectivity index (χ3n) is 7.98. The monoisotopic (exact) mass is 603 g/mol. The zero-order chi connectivity index (χ0) is 31.8. The molecule has 41 heavy (non-hydrogen) atoms. The first kappa shape index (κ1) is 36.9. The van der Waals surface area contributed by atoms with E-state index in [2.05, 4.69) is 70.9 Å². The van der Waals surface area contributed by atoms with E-state index in [0.29, 0.717) is 6.42 Å². The molecule has 0 saturated carbocycles. The molecular weight excluding hydrogens is 551 g/mol. The van der Waals surface area contributed by atoms with Crippen molar-refractivity contribution in [1.29, 1.82) is 0 Å². The van der Waals surface area contributed by atoms with Crippen LogP contribution >= 0.6 is 11.3 Å². The van der Waals surface area contributed by atoms with Crippen molar-refractivity contribution in [3.05, 3.63) is 45.5 Å². The minimum absolute atomic E-state index is 0.0136. The number of carbonyl (C=O) groups is 3. The van der Waals surface area contributed by atoms with Gasteiger partial charge in [-0.25, -0.2) is 4.98 Å². The Kier molecular flexibility index (Phi) is 13.8. The van der Waals surface area contributed by atoms with Crippen molar-refractivity contribution in [3.63, 3.8) is 0 Å². The van der Waals surface area contributed by atoms with Crippen LogP contribution in [0.5, 0.6) is 0 Å². The Morgan fingerprint density at radius 2 is 1.71 bits per heavy atom. The molecule has 0 amide bonds. The van der Waals surface area contributed by atoms with Crippen LogP contribution in [0.25, 0.3) is 6.08 Å². The fourth-order valence-electron chi connectivity index (χ4n) is 4.25. The molecule has 1 aromatic rings. The summed E-state index contributed by atoms with van der Waals surface area (Å²) in [7, 11) is -2.18. The van der Waals surface area contributed by atoms with Gasteiger partial charge in [0.25, 0.3) is 0 Å². The number of rotatable bonds is 15. The first-order valence-corrected chi connectivity index (χ1v) is 18.3. The summed E-state index contributed by atoms with van der Waals surface area (Å²) >= 11 is 1.59. The lowest BCUT2D eigenvalue weighted by molar-refractivity contribution is -0.144. The summed E-state index contributed by atoms with van der Waals surface area (Å²) < 4.78 is 12.4. The molecule has 1 heterocycles. The van der Waals surface area contributed by atoms with Gasteiger partial charge in [0.1, 0.15) is 12.4 Å². The molecule has 0 N–H and O–H groups in total. The van der Waals surface area contributed by atoms with Crippen molar-refractivity contribution in [1.82, 2.24) is 4.98 Å². The average Bonchev–Trinajstić information content (AvgIpc) is 3.27. The van der Waals surface area contributed by atoms with E-state index in [1.54, 1.807) is 25.2 Å². The first-order chi connectivity index (χ1) is 18.7. The maximum atomic E-state index is 13.3. The van der Waals surface area contributed by atoms with Crippen molar-refractivity contribution >= 4 is 43.8 Å². The average molecular weight is 604 g/mol. The van der Waals surface area contributed by atoms with Crippen molar-refractivity contribution < 1.29 is 23.5 Å². The van der Waals surface area contributed by atoms with E-state index in [4.69, 9.17) is 9.16 Å². The van der Waals surface area contributed by atoms with Crippen LogP contribution in [0.2, 0.25) is 18.1 Å². The second-order valence-electron chi connectivity index (χ2n) is 13.4. The van der Waals surface area contributed by atoms with Gasteiger partial charge >= 0.3 is 5.97 Å². The number of thiazole rings is 1. The predicted octanol–water partition coefficient (Wildman–Crippen LogP) is 8.53. The van der Waals surface area contributed by atoms with Crippen LogP contribution in [0.1, 0.15) is 92.8 Å². The van der Waals surface area contributed by atoms with Crippen LogP contribution in [0, 0.1) is 24.2 Å². The summed E-state index contributed by atoms with van der Waals surface area (Å²) in [4.78, 5) is 41.2. The number of allylic oxidation sites excluding steroid dienone is 2. The third kappa shape index (κ3) is 11.6. The Morgan fingerprint density at radius 3 is 2.20 bits per heavy atom. The number of aromatic nitrogens is 1. The van der Waals surface area contributed by atoms with Gasteiger partial charge in [-0.05, 0) is 76.7 Å². The van der Waals surface area contributed by atoms with Crippen LogP contribution in [0.15, 0.2) is 34.8 Å². The Bertz CT molecular complexity index is 1140. The molecule has 0 aliphatic rings. The van der Waals surface area contributed by atoms with Crippen molar-refractivity contribution in [3.8, 4) is 0 Å². The number of hydrogen-bond acceptors (Lipinski definition) is 7. The van der Waals surface area contributed by atoms with Gasteiger partial charge in [-0.3, -0.25) is 9.59 Å². The minimum Gasteiger partial charge on any atom is -0.458 e. The van der Waals surface area contributed by atoms with Crippen molar-refractivity contribution in [2.45, 2.75) is 119 Å². The molecule has 0 radical (unpaired) electrons. The van der Waals surface area contributed by atoms with E-state index in [9.17, 15) is 14.4 Å². The van der Waals surface area contributed by atoms with Gasteiger partial charge in [0, 0.05) is 24.6 Å². The van der Waals surface area contributed by atoms with Gasteiger partial charge in [0.05, 0.1) is 22.2 Å². The SMILES string of the molecule is CC(=O)O[C@@H](C/C=C(/C)C/C=C\[C@H](C)[C@H](O[Si](C)(C)C(C)(C)C)[C@@H](C)C(=O)C(C)(C)C=O)/C(C)=C/c1csc(C)n1. The van der Waals surface area contributed by atoms with Crippen LogP contribution in [-0.4, -0.2) is 43.5 Å². The highest BCUT2D eigenvalue weighted by Crippen LogP contribution is 2.40. The molecular formula is C33H53NO5SSi. The second kappa shape index (κ2) is 15.3. The highest BCUT2D eigenvalue weighted by atomic mass is 32.1. The Hall–Kier alpha value is -2.16. The van der Waals surface area contributed by atoms with Crippen LogP contribution in [-0.2, 0) is 23.5 Å². The lowest BCUT2D eigenvalue weighted by Crippen LogP contribution is -2.49. The van der Waals surface area contributed by atoms with Crippen LogP contribution < -0.4 is 0 Å². The number of aryl methyl sites for hydroxylation is 1. The molecule has 8 heteroatoms. The molecule has 6 nitrogen and oxygen atoms in total. The zero-order valence-electron chi connectivity index (χ0n) is 27.6. The molecule has 0 fully saturated rings. The Labute approximate surface area is 253 Å². The number of hydrogen-bond donors (Lipinski definition) is 0. The summed E-state index contributed by atoms with van der Waals surface area (Å²) in [6.07, 6.45) is 9.65. The first-order valence-electron chi connectivity index (χ1n) is 14.5. The van der Waals surface area contributed by atoms with Gasteiger partial charge in [-0.15, -0.1) is 11.3 Å². The number of ketones is 1. The maximum absolute atomic E-state index is 13.3. The lowest BCUT2D eigenvalue weighted by Gasteiger charge is -2.42. The zero-order valence-corrected chi connectivity index (χ0v) is 29.4. The quantitative estimate of drug-likeness (QED) is 0.0657. The summed E-state index contributed by atoms with van der Waals surface area (Å²) in [5.74, 6) is -0.869. The number of aldehydes is 1. The van der Waals surface area contributed by atoms with E-state index in [1.807, 2.05) is 32.2 Å². The molecule has 0 spiro atoms. The highest BCUT2D eigenvalue weighted by molar-refractivity contribution is 7.09. The molecule has 230 valence electrons. The normalized spacial score (nSPS) is 16.8. The fraction of sp³-hybridized carbons (Fsp3) is 0.636. The van der Waals surface area contributed by atoms with Gasteiger partial charge in [-0.1, -0.05) is 58.4 Å². The molecule has 0 bridgehead atoms. The number of Topliss-reactive ketones (excluding diaryl/α,β-unsaturated/α-hetero) is 1. The molecule has 0 saturated heterocycles. The topological polar surface area (TPSA) is 82.6 Å². The number of carbonyl (C=O) groups excluding carboxylic acids is 3. The van der Waals surface area contributed by atoms with Crippen molar-refractivity contribution in [2.75, 3.05) is 0 Å². The highest BCUT2D eigenvalue weighted by Gasteiger charge is 2.44. The second-order valence-corrected chi connectivity index (χ2v) is 19.2. The Balaban J connectivity index is 3.09. The standard InChI is InChI=1S/C33H53NO5SSi/c1-22(17-18-29(38-27(6)36)24(3)19-28-20-40-26(5)34-28)15-14-16-23(2)30(39-41(12,13)32(7,8)9)25(4)31(37)33(10,11)21-35/h14,16-17,19-21,23,25,29-30H,15,18H2,1-13H3/b16-14-,22-17-,24-19+/t23-,25+,29-,30-/m0/s1. The van der Waals surface area contributed by atoms with E-state index in [0.717, 1.165) is 34.6 Å². The van der Waals surface area contributed by atoms with Gasteiger partial charge < -0.3 is 14.0 Å². The van der Waals surface area contributed by atoms with Crippen LogP contribution in [0.3, 0.4) is 0 Å². The van der Waals surface area contributed by atoms with Crippen LogP contribution in [0.4, 0.5) is 0 Å². The maximum Gasteiger partial charge on any atom is 0.303 e. The van der Waals surface area contributed by atoms with Gasteiger partial charge in [0.2, 0.25) is 0 Å². The molecule has 0 aliphatic heterocycles. The number of ether oxygens (including phenoxy) is 1. The summed E-state index contributed by atoms with van der Waals surface area (Å²) in [5, 5.41) is 2.97. The number of nitrogens with zero attached hydrogens (tertiary/aromatic N) is 1. The van der Waals surface area contributed by atoms with Gasteiger partial charge in [-0.2, -0.15) is 0 Å². The summed E-state index contributed by atoms with van der Waals surface area (Å²) in [6, 6.07) is 0. The summed E-state index contributed by atoms with van der Waals surface area (Å²) in [5.41, 5.74) is 1.91. The smallest absolute Gasteiger partial charge is 0.303 e. The van der Waals surface area contributed by atoms with E-state index in [1.165, 1.54) is 6.92 Å². The minimum atomic E-state index is -2.18. The molecule has 1 aromatic heterocycles. The number of esters is 1. The molecule has 4 atom stereocenters.